The molecule has 0 radical (unpaired) electrons. The predicted octanol–water partition coefficient (Wildman–Crippen LogP) is 2.91. The molecule has 1 fully saturated rings. The summed E-state index contributed by atoms with van der Waals surface area (Å²) in [6, 6.07) is 4.08. The zero-order chi connectivity index (χ0) is 14.6. The van der Waals surface area contributed by atoms with Crippen molar-refractivity contribution in [3.8, 4) is 0 Å². The molecule has 4 nitrogen and oxygen atoms in total. The molecule has 1 aliphatic rings. The van der Waals surface area contributed by atoms with E-state index in [1.165, 1.54) is 4.88 Å². The van der Waals surface area contributed by atoms with Crippen LogP contribution in [-0.2, 0) is 16.1 Å². The first-order chi connectivity index (χ1) is 9.57. The average Bonchev–Trinajstić information content (AvgIpc) is 2.84. The van der Waals surface area contributed by atoms with Crippen molar-refractivity contribution in [2.75, 3.05) is 33.9 Å². The Kier molecular flexibility index (Phi) is 7.64. The van der Waals surface area contributed by atoms with Crippen molar-refractivity contribution < 1.29 is 9.53 Å². The Morgan fingerprint density at radius 1 is 1.48 bits per heavy atom. The molecule has 0 atom stereocenters. The number of ether oxygens (including phenoxy) is 1. The van der Waals surface area contributed by atoms with Gasteiger partial charge in [-0.3, -0.25) is 4.79 Å². The fourth-order valence-electron chi connectivity index (χ4n) is 2.75. The van der Waals surface area contributed by atoms with Gasteiger partial charge in [-0.1, -0.05) is 0 Å². The van der Waals surface area contributed by atoms with Crippen LogP contribution in [-0.4, -0.2) is 44.7 Å². The Morgan fingerprint density at radius 3 is 2.67 bits per heavy atom. The van der Waals surface area contributed by atoms with Crippen molar-refractivity contribution in [3.05, 3.63) is 20.8 Å². The van der Waals surface area contributed by atoms with Crippen molar-refractivity contribution in [2.24, 2.45) is 5.41 Å². The summed E-state index contributed by atoms with van der Waals surface area (Å²) in [5, 5.41) is 3.31. The fourth-order valence-corrected chi connectivity index (χ4v) is 4.29. The largest absolute Gasteiger partial charge is 0.384 e. The lowest BCUT2D eigenvalue weighted by Crippen LogP contribution is -2.50. The third-order valence-electron chi connectivity index (χ3n) is 3.80. The summed E-state index contributed by atoms with van der Waals surface area (Å²) in [5.74, 6) is 0.199. The molecule has 1 saturated heterocycles. The van der Waals surface area contributed by atoms with E-state index in [0.717, 1.165) is 29.7 Å². The number of rotatable bonds is 5. The average molecular weight is 398 g/mol. The Labute approximate surface area is 144 Å². The minimum absolute atomic E-state index is 0. The van der Waals surface area contributed by atoms with E-state index in [1.54, 1.807) is 18.4 Å². The van der Waals surface area contributed by atoms with Crippen molar-refractivity contribution >= 4 is 45.6 Å². The minimum Gasteiger partial charge on any atom is -0.384 e. The highest BCUT2D eigenvalue weighted by Gasteiger charge is 2.41. The lowest BCUT2D eigenvalue weighted by molar-refractivity contribution is -0.146. The molecule has 0 aliphatic carbocycles. The molecule has 0 unspecified atom stereocenters. The summed E-state index contributed by atoms with van der Waals surface area (Å²) in [6.45, 7) is 2.93. The van der Waals surface area contributed by atoms with Gasteiger partial charge in [0, 0.05) is 19.0 Å². The fraction of sp³-hybridized carbons (Fsp3) is 0.643. The maximum absolute atomic E-state index is 12.8. The quantitative estimate of drug-likeness (QED) is 0.830. The molecule has 0 saturated carbocycles. The molecular formula is C14H22BrClN2O2S. The molecule has 1 amide bonds. The van der Waals surface area contributed by atoms with Gasteiger partial charge in [0.1, 0.15) is 0 Å². The lowest BCUT2D eigenvalue weighted by atomic mass is 9.78. The van der Waals surface area contributed by atoms with Crippen molar-refractivity contribution in [1.29, 1.82) is 0 Å². The maximum Gasteiger partial charge on any atom is 0.231 e. The minimum atomic E-state index is -0.358. The number of nitrogens with one attached hydrogen (secondary N) is 1. The van der Waals surface area contributed by atoms with Crippen LogP contribution in [0.15, 0.2) is 15.9 Å². The number of hydrogen-bond donors (Lipinski definition) is 1. The molecule has 120 valence electrons. The third-order valence-corrected chi connectivity index (χ3v) is 5.41. The summed E-state index contributed by atoms with van der Waals surface area (Å²) in [4.78, 5) is 15.9. The molecule has 2 rings (SSSR count). The lowest BCUT2D eigenvalue weighted by Gasteiger charge is -2.38. The highest BCUT2D eigenvalue weighted by Crippen LogP contribution is 2.32. The normalized spacial score (nSPS) is 17.1. The molecule has 7 heteroatoms. The topological polar surface area (TPSA) is 41.6 Å². The van der Waals surface area contributed by atoms with Crippen LogP contribution in [0.1, 0.15) is 17.7 Å². The number of carbonyl (C=O) groups is 1. The van der Waals surface area contributed by atoms with E-state index >= 15 is 0 Å². The van der Waals surface area contributed by atoms with Gasteiger partial charge in [0.15, 0.2) is 0 Å². The molecule has 0 spiro atoms. The number of nitrogens with zero attached hydrogens (tertiary/aromatic N) is 1. The summed E-state index contributed by atoms with van der Waals surface area (Å²) in [7, 11) is 3.56. The van der Waals surface area contributed by atoms with Gasteiger partial charge in [0.05, 0.1) is 22.4 Å². The van der Waals surface area contributed by atoms with Gasteiger partial charge in [-0.2, -0.15) is 0 Å². The molecule has 21 heavy (non-hydrogen) atoms. The van der Waals surface area contributed by atoms with E-state index in [-0.39, 0.29) is 23.7 Å². The number of halogens is 2. The summed E-state index contributed by atoms with van der Waals surface area (Å²) in [6.07, 6.45) is 1.69. The van der Waals surface area contributed by atoms with E-state index < -0.39 is 0 Å². The van der Waals surface area contributed by atoms with Crippen LogP contribution < -0.4 is 5.32 Å². The van der Waals surface area contributed by atoms with Crippen LogP contribution in [0.2, 0.25) is 0 Å². The van der Waals surface area contributed by atoms with Gasteiger partial charge < -0.3 is 15.0 Å². The molecule has 2 heterocycles. The zero-order valence-corrected chi connectivity index (χ0v) is 15.6. The van der Waals surface area contributed by atoms with Crippen LogP contribution in [0.25, 0.3) is 0 Å². The number of thiophene rings is 1. The number of carbonyl (C=O) groups excluding carboxylic acids is 1. The van der Waals surface area contributed by atoms with Crippen LogP contribution in [0.4, 0.5) is 0 Å². The molecule has 1 aromatic heterocycles. The Balaban J connectivity index is 0.00000220. The second-order valence-electron chi connectivity index (χ2n) is 5.33. The van der Waals surface area contributed by atoms with Gasteiger partial charge in [-0.15, -0.1) is 23.7 Å². The van der Waals surface area contributed by atoms with Crippen LogP contribution >= 0.6 is 39.7 Å². The first-order valence-corrected chi connectivity index (χ1v) is 8.38. The monoisotopic (exact) mass is 396 g/mol. The van der Waals surface area contributed by atoms with E-state index in [1.807, 2.05) is 18.0 Å². The SMILES string of the molecule is COCC1(C(=O)N(C)Cc2ccc(Br)s2)CCNCC1.Cl. The summed E-state index contributed by atoms with van der Waals surface area (Å²) in [5.41, 5.74) is -0.358. The molecule has 0 aromatic carbocycles. The van der Waals surface area contributed by atoms with Gasteiger partial charge in [-0.05, 0) is 54.0 Å². The summed E-state index contributed by atoms with van der Waals surface area (Å²) < 4.78 is 6.43. The highest BCUT2D eigenvalue weighted by molar-refractivity contribution is 9.11. The van der Waals surface area contributed by atoms with E-state index in [0.29, 0.717) is 13.2 Å². The van der Waals surface area contributed by atoms with E-state index in [4.69, 9.17) is 4.74 Å². The second-order valence-corrected chi connectivity index (χ2v) is 7.88. The van der Waals surface area contributed by atoms with Crippen LogP contribution in [0.3, 0.4) is 0 Å². The van der Waals surface area contributed by atoms with Gasteiger partial charge in [0.25, 0.3) is 0 Å². The Morgan fingerprint density at radius 2 is 2.14 bits per heavy atom. The first kappa shape index (κ1) is 18.9. The summed E-state index contributed by atoms with van der Waals surface area (Å²) >= 11 is 5.13. The first-order valence-electron chi connectivity index (χ1n) is 6.77. The van der Waals surface area contributed by atoms with Crippen molar-refractivity contribution in [3.63, 3.8) is 0 Å². The predicted molar refractivity (Wildman–Crippen MR) is 92.2 cm³/mol. The smallest absolute Gasteiger partial charge is 0.231 e. The van der Waals surface area contributed by atoms with Crippen LogP contribution in [0, 0.1) is 5.41 Å². The molecular weight excluding hydrogens is 376 g/mol. The second kappa shape index (κ2) is 8.48. The van der Waals surface area contributed by atoms with Crippen LogP contribution in [0.5, 0.6) is 0 Å². The third kappa shape index (κ3) is 4.66. The molecule has 1 N–H and O–H groups in total. The van der Waals surface area contributed by atoms with Crippen molar-refractivity contribution in [1.82, 2.24) is 10.2 Å². The molecule has 1 aromatic rings. The maximum atomic E-state index is 12.8. The number of methoxy groups -OCH3 is 1. The zero-order valence-electron chi connectivity index (χ0n) is 12.4. The number of hydrogen-bond acceptors (Lipinski definition) is 4. The van der Waals surface area contributed by atoms with E-state index in [9.17, 15) is 4.79 Å². The standard InChI is InChI=1S/C14H21BrN2O2S.ClH/c1-17(9-11-3-4-12(15)20-11)13(18)14(10-19-2)5-7-16-8-6-14;/h3-4,16H,5-10H2,1-2H3;1H. The number of piperidine rings is 1. The molecule has 0 bridgehead atoms. The highest BCUT2D eigenvalue weighted by atomic mass is 79.9. The van der Waals surface area contributed by atoms with Gasteiger partial charge in [0.2, 0.25) is 5.91 Å². The van der Waals surface area contributed by atoms with Crippen molar-refractivity contribution in [2.45, 2.75) is 19.4 Å². The van der Waals surface area contributed by atoms with E-state index in [2.05, 4.69) is 27.3 Å². The Bertz CT molecular complexity index is 458. The Hall–Kier alpha value is -0.140. The number of amides is 1. The molecule has 1 aliphatic heterocycles. The van der Waals surface area contributed by atoms with Gasteiger partial charge >= 0.3 is 0 Å². The van der Waals surface area contributed by atoms with Gasteiger partial charge in [-0.25, -0.2) is 0 Å².